The van der Waals surface area contributed by atoms with Crippen LogP contribution in [0, 0.1) is 0 Å². The quantitative estimate of drug-likeness (QED) is 0.410. The zero-order chi connectivity index (χ0) is 15.1. The molecule has 0 saturated carbocycles. The first-order valence-electron chi connectivity index (χ1n) is 6.38. The second kappa shape index (κ2) is 5.16. The third-order valence-electron chi connectivity index (χ3n) is 3.47. The summed E-state index contributed by atoms with van der Waals surface area (Å²) in [5.41, 5.74) is 12.0. The SMILES string of the molecule is NCc1nc(N)c2ncn([C@@H]3O[C@H](CO)[C@H](O)C3O)c2n1. The molecule has 1 fully saturated rings. The summed E-state index contributed by atoms with van der Waals surface area (Å²) in [6.07, 6.45) is -2.85. The summed E-state index contributed by atoms with van der Waals surface area (Å²) in [6, 6.07) is 0. The molecule has 0 bridgehead atoms. The molecule has 4 atom stereocenters. The third-order valence-corrected chi connectivity index (χ3v) is 3.47. The van der Waals surface area contributed by atoms with Crippen LogP contribution in [0.15, 0.2) is 6.33 Å². The molecule has 0 aromatic carbocycles. The summed E-state index contributed by atoms with van der Waals surface area (Å²) < 4.78 is 6.88. The number of hydrogen-bond acceptors (Lipinski definition) is 9. The van der Waals surface area contributed by atoms with Crippen molar-refractivity contribution in [2.45, 2.75) is 31.1 Å². The van der Waals surface area contributed by atoms with E-state index < -0.39 is 31.1 Å². The Morgan fingerprint density at radius 2 is 2.05 bits per heavy atom. The Balaban J connectivity index is 2.07. The number of fused-ring (bicyclic) bond motifs is 1. The second-order valence-electron chi connectivity index (χ2n) is 4.78. The van der Waals surface area contributed by atoms with Crippen LogP contribution in [0.25, 0.3) is 11.2 Å². The lowest BCUT2D eigenvalue weighted by Crippen LogP contribution is -2.33. The van der Waals surface area contributed by atoms with E-state index in [0.717, 1.165) is 0 Å². The van der Waals surface area contributed by atoms with Crippen molar-refractivity contribution in [3.8, 4) is 0 Å². The Kier molecular flexibility index (Phi) is 3.47. The van der Waals surface area contributed by atoms with Gasteiger partial charge < -0.3 is 31.5 Å². The highest BCUT2D eigenvalue weighted by Gasteiger charge is 2.44. The van der Waals surface area contributed by atoms with Crippen LogP contribution in [-0.2, 0) is 11.3 Å². The van der Waals surface area contributed by atoms with Crippen LogP contribution in [-0.4, -0.2) is 59.8 Å². The van der Waals surface area contributed by atoms with E-state index in [1.54, 1.807) is 0 Å². The smallest absolute Gasteiger partial charge is 0.168 e. The average molecular weight is 296 g/mol. The molecular weight excluding hydrogens is 280 g/mol. The summed E-state index contributed by atoms with van der Waals surface area (Å²) in [4.78, 5) is 12.3. The van der Waals surface area contributed by atoms with Crippen LogP contribution in [0.1, 0.15) is 12.1 Å². The molecule has 10 heteroatoms. The molecule has 114 valence electrons. The van der Waals surface area contributed by atoms with Gasteiger partial charge in [0, 0.05) is 0 Å². The molecule has 1 aliphatic heterocycles. The summed E-state index contributed by atoms with van der Waals surface area (Å²) in [7, 11) is 0. The highest BCUT2D eigenvalue weighted by molar-refractivity contribution is 5.81. The highest BCUT2D eigenvalue weighted by Crippen LogP contribution is 2.31. The van der Waals surface area contributed by atoms with Crippen molar-refractivity contribution in [3.63, 3.8) is 0 Å². The van der Waals surface area contributed by atoms with E-state index in [4.69, 9.17) is 21.3 Å². The molecule has 0 amide bonds. The molecule has 0 spiro atoms. The Morgan fingerprint density at radius 3 is 2.67 bits per heavy atom. The minimum Gasteiger partial charge on any atom is -0.394 e. The fraction of sp³-hybridized carbons (Fsp3) is 0.545. The lowest BCUT2D eigenvalue weighted by molar-refractivity contribution is -0.0511. The number of aliphatic hydroxyl groups excluding tert-OH is 3. The van der Waals surface area contributed by atoms with Gasteiger partial charge in [-0.1, -0.05) is 0 Å². The molecule has 1 unspecified atom stereocenters. The summed E-state index contributed by atoms with van der Waals surface area (Å²) in [6.45, 7) is -0.312. The van der Waals surface area contributed by atoms with Crippen LogP contribution in [0.2, 0.25) is 0 Å². The molecule has 3 heterocycles. The van der Waals surface area contributed by atoms with Crippen LogP contribution < -0.4 is 11.5 Å². The summed E-state index contributed by atoms with van der Waals surface area (Å²) in [5, 5.41) is 29.0. The van der Waals surface area contributed by atoms with Gasteiger partial charge in [0.25, 0.3) is 0 Å². The first-order chi connectivity index (χ1) is 10.1. The molecule has 2 aromatic heterocycles. The molecule has 1 saturated heterocycles. The van der Waals surface area contributed by atoms with Gasteiger partial charge in [0.15, 0.2) is 17.7 Å². The molecule has 1 aliphatic rings. The van der Waals surface area contributed by atoms with Gasteiger partial charge in [-0.25, -0.2) is 15.0 Å². The Labute approximate surface area is 119 Å². The van der Waals surface area contributed by atoms with Crippen LogP contribution in [0.5, 0.6) is 0 Å². The van der Waals surface area contributed by atoms with Crippen molar-refractivity contribution in [1.82, 2.24) is 19.5 Å². The van der Waals surface area contributed by atoms with E-state index in [0.29, 0.717) is 17.0 Å². The lowest BCUT2D eigenvalue weighted by Gasteiger charge is -2.16. The van der Waals surface area contributed by atoms with Crippen molar-refractivity contribution >= 4 is 17.0 Å². The Morgan fingerprint density at radius 1 is 1.29 bits per heavy atom. The number of anilines is 1. The van der Waals surface area contributed by atoms with Crippen molar-refractivity contribution in [3.05, 3.63) is 12.2 Å². The maximum Gasteiger partial charge on any atom is 0.168 e. The minimum absolute atomic E-state index is 0.0985. The topological polar surface area (TPSA) is 166 Å². The number of hydrogen-bond donors (Lipinski definition) is 5. The number of nitrogens with two attached hydrogens (primary N) is 2. The van der Waals surface area contributed by atoms with Gasteiger partial charge >= 0.3 is 0 Å². The first-order valence-corrected chi connectivity index (χ1v) is 6.38. The van der Waals surface area contributed by atoms with Gasteiger partial charge in [0.1, 0.15) is 29.7 Å². The lowest BCUT2D eigenvalue weighted by atomic mass is 10.1. The Bertz CT molecular complexity index is 661. The standard InChI is InChI=1S/C11H16N6O4/c12-1-5-15-9(13)6-10(16-5)17(3-14-6)11-8(20)7(19)4(2-18)21-11/h3-4,7-8,11,18-20H,1-2,12H2,(H2,13,15,16)/t4-,7+,8?,11-/m1/s1. The number of aromatic nitrogens is 4. The third kappa shape index (κ3) is 2.13. The zero-order valence-electron chi connectivity index (χ0n) is 11.0. The van der Waals surface area contributed by atoms with Gasteiger partial charge in [0.05, 0.1) is 19.5 Å². The minimum atomic E-state index is -1.22. The van der Waals surface area contributed by atoms with Gasteiger partial charge in [-0.3, -0.25) is 4.57 Å². The van der Waals surface area contributed by atoms with Gasteiger partial charge in [-0.05, 0) is 0 Å². The normalized spacial score (nSPS) is 29.3. The number of ether oxygens (including phenoxy) is 1. The maximum atomic E-state index is 10.1. The summed E-state index contributed by atoms with van der Waals surface area (Å²) in [5.74, 6) is 0.499. The molecule has 3 rings (SSSR count). The fourth-order valence-electron chi connectivity index (χ4n) is 2.37. The molecule has 0 radical (unpaired) electrons. The van der Waals surface area contributed by atoms with Crippen molar-refractivity contribution in [2.24, 2.45) is 5.73 Å². The van der Waals surface area contributed by atoms with E-state index in [1.165, 1.54) is 10.9 Å². The van der Waals surface area contributed by atoms with Gasteiger partial charge in [0.2, 0.25) is 0 Å². The van der Waals surface area contributed by atoms with Crippen LogP contribution in [0.3, 0.4) is 0 Å². The predicted molar refractivity (Wildman–Crippen MR) is 70.6 cm³/mol. The molecule has 0 aliphatic carbocycles. The number of aliphatic hydroxyl groups is 3. The van der Waals surface area contributed by atoms with E-state index in [2.05, 4.69) is 15.0 Å². The van der Waals surface area contributed by atoms with E-state index in [1.807, 2.05) is 0 Å². The first kappa shape index (κ1) is 14.1. The number of rotatable bonds is 3. The van der Waals surface area contributed by atoms with Crippen molar-refractivity contribution in [2.75, 3.05) is 12.3 Å². The van der Waals surface area contributed by atoms with E-state index >= 15 is 0 Å². The zero-order valence-corrected chi connectivity index (χ0v) is 11.0. The Hall–Kier alpha value is -1.85. The highest BCUT2D eigenvalue weighted by atomic mass is 16.6. The van der Waals surface area contributed by atoms with E-state index in [9.17, 15) is 10.2 Å². The monoisotopic (exact) mass is 296 g/mol. The fourth-order valence-corrected chi connectivity index (χ4v) is 2.37. The van der Waals surface area contributed by atoms with Crippen LogP contribution >= 0.6 is 0 Å². The molecule has 21 heavy (non-hydrogen) atoms. The largest absolute Gasteiger partial charge is 0.394 e. The predicted octanol–water partition coefficient (Wildman–Crippen LogP) is -2.52. The maximum absolute atomic E-state index is 10.1. The molecule has 7 N–H and O–H groups in total. The van der Waals surface area contributed by atoms with Crippen LogP contribution in [0.4, 0.5) is 5.82 Å². The number of nitrogen functional groups attached to an aromatic ring is 1. The molecule has 10 nitrogen and oxygen atoms in total. The second-order valence-corrected chi connectivity index (χ2v) is 4.78. The molecular formula is C11H16N6O4. The van der Waals surface area contributed by atoms with Crippen molar-refractivity contribution in [1.29, 1.82) is 0 Å². The molecule has 2 aromatic rings. The van der Waals surface area contributed by atoms with Gasteiger partial charge in [-0.2, -0.15) is 0 Å². The van der Waals surface area contributed by atoms with Crippen molar-refractivity contribution < 1.29 is 20.1 Å². The number of imidazole rings is 1. The average Bonchev–Trinajstić information content (AvgIpc) is 3.02. The number of nitrogens with zero attached hydrogens (tertiary/aromatic N) is 4. The summed E-state index contributed by atoms with van der Waals surface area (Å²) >= 11 is 0. The van der Waals surface area contributed by atoms with Gasteiger partial charge in [-0.15, -0.1) is 0 Å². The van der Waals surface area contributed by atoms with E-state index in [-0.39, 0.29) is 12.4 Å².